The third-order valence-electron chi connectivity index (χ3n) is 12.6. The molecule has 4 heterocycles. The van der Waals surface area contributed by atoms with E-state index < -0.39 is 0 Å². The van der Waals surface area contributed by atoms with Gasteiger partial charge < -0.3 is 9.88 Å². The molecule has 9 rings (SSSR count). The van der Waals surface area contributed by atoms with Crippen LogP contribution in [0, 0.1) is 6.92 Å². The van der Waals surface area contributed by atoms with Crippen LogP contribution in [0.3, 0.4) is 0 Å². The lowest BCUT2D eigenvalue weighted by Crippen LogP contribution is -2.59. The fourth-order valence-corrected chi connectivity index (χ4v) is 9.16. The second kappa shape index (κ2) is 12.0. The first kappa shape index (κ1) is 36.5. The van der Waals surface area contributed by atoms with Crippen LogP contribution in [0.15, 0.2) is 97.3 Å². The summed E-state index contributed by atoms with van der Waals surface area (Å²) in [6.45, 7) is 30.4. The van der Waals surface area contributed by atoms with E-state index in [9.17, 15) is 0 Å². The molecule has 0 amide bonds. The molecule has 2 aliphatic heterocycles. The van der Waals surface area contributed by atoms with Crippen molar-refractivity contribution in [2.75, 3.05) is 5.32 Å². The third-order valence-corrected chi connectivity index (χ3v) is 12.6. The number of hydrogen-bond donors (Lipinski definition) is 1. The Morgan fingerprint density at radius 2 is 1.11 bits per heavy atom. The summed E-state index contributed by atoms with van der Waals surface area (Å²) in [4.78, 5) is 4.39. The average Bonchev–Trinajstić information content (AvgIpc) is 3.46. The van der Waals surface area contributed by atoms with Gasteiger partial charge in [0.05, 0.1) is 5.52 Å². The van der Waals surface area contributed by atoms with Crippen LogP contribution < -0.4 is 21.7 Å². The van der Waals surface area contributed by atoms with Crippen LogP contribution in [-0.4, -0.2) is 16.3 Å². The first-order chi connectivity index (χ1) is 26.2. The zero-order chi connectivity index (χ0) is 39.9. The number of aryl methyl sites for hydroxylation is 1. The summed E-state index contributed by atoms with van der Waals surface area (Å²) in [5.41, 5.74) is 22.0. The minimum atomic E-state index is -0.0524. The average molecular weight is 734 g/mol. The lowest BCUT2D eigenvalue weighted by atomic mass is 9.33. The van der Waals surface area contributed by atoms with Gasteiger partial charge in [-0.1, -0.05) is 119 Å². The van der Waals surface area contributed by atoms with Crippen LogP contribution in [-0.2, 0) is 21.7 Å². The number of fused-ring (bicyclic) bond motifs is 7. The van der Waals surface area contributed by atoms with Crippen molar-refractivity contribution in [1.29, 1.82) is 0 Å². The molecule has 0 saturated heterocycles. The minimum Gasteiger partial charge on any atom is -0.356 e. The zero-order valence-electron chi connectivity index (χ0n) is 35.7. The molecule has 2 aliphatic rings. The summed E-state index contributed by atoms with van der Waals surface area (Å²) in [5, 5.41) is 6.84. The van der Waals surface area contributed by atoms with Gasteiger partial charge in [-0.05, 0) is 138 Å². The monoisotopic (exact) mass is 733 g/mol. The lowest BCUT2D eigenvalue weighted by Gasteiger charge is -2.37. The maximum absolute atomic E-state index is 4.39. The van der Waals surface area contributed by atoms with E-state index in [4.69, 9.17) is 0 Å². The van der Waals surface area contributed by atoms with E-state index in [1.807, 2.05) is 12.4 Å². The fourth-order valence-electron chi connectivity index (χ4n) is 9.16. The number of anilines is 2. The molecule has 0 unspecified atom stereocenters. The zero-order valence-corrected chi connectivity index (χ0v) is 35.7. The Kier molecular flexibility index (Phi) is 7.81. The predicted molar refractivity (Wildman–Crippen MR) is 243 cm³/mol. The number of benzene rings is 5. The quantitative estimate of drug-likeness (QED) is 0.179. The highest BCUT2D eigenvalue weighted by Crippen LogP contribution is 2.44. The van der Waals surface area contributed by atoms with Gasteiger partial charge in [-0.2, -0.15) is 0 Å². The first-order valence-corrected chi connectivity index (χ1v) is 20.5. The van der Waals surface area contributed by atoms with Crippen LogP contribution in [0.5, 0.6) is 0 Å². The maximum atomic E-state index is 4.39. The molecular formula is C52H56BN3. The topological polar surface area (TPSA) is 29.9 Å². The van der Waals surface area contributed by atoms with Gasteiger partial charge in [0, 0.05) is 51.3 Å². The minimum absolute atomic E-state index is 0.0289. The molecule has 3 nitrogen and oxygen atoms in total. The Morgan fingerprint density at radius 1 is 0.536 bits per heavy atom. The number of rotatable bonds is 2. The van der Waals surface area contributed by atoms with E-state index in [-0.39, 0.29) is 28.4 Å². The highest BCUT2D eigenvalue weighted by atomic mass is 15.0. The molecule has 5 aromatic carbocycles. The van der Waals surface area contributed by atoms with Crippen molar-refractivity contribution in [2.45, 2.75) is 112 Å². The molecule has 2 aromatic heterocycles. The molecule has 4 heteroatoms. The summed E-state index contributed by atoms with van der Waals surface area (Å²) < 4.78 is 2.59. The summed E-state index contributed by atoms with van der Waals surface area (Å²) in [7, 11) is 0. The van der Waals surface area contributed by atoms with Crippen molar-refractivity contribution in [1.82, 2.24) is 9.55 Å². The molecule has 56 heavy (non-hydrogen) atoms. The second-order valence-electron chi connectivity index (χ2n) is 20.8. The van der Waals surface area contributed by atoms with Crippen LogP contribution >= 0.6 is 0 Å². The number of pyridine rings is 1. The summed E-state index contributed by atoms with van der Waals surface area (Å²) >= 11 is 0. The largest absolute Gasteiger partial charge is 0.356 e. The molecular weight excluding hydrogens is 677 g/mol. The predicted octanol–water partition coefficient (Wildman–Crippen LogP) is 11.9. The summed E-state index contributed by atoms with van der Waals surface area (Å²) in [6.07, 6.45) is 3.81. The standard InChI is InChI=1S/C52H56BN3/c1-30-14-15-33(49(2,3)4)24-37(30)39-26-35(51(8,9)10)28-41-47(39)55-43-22-32(31-18-20-54-21-19-31)23-45-46(43)53(41)42-29-36(52(11,12)13)27-40-38-25-34(50(5,6)7)16-17-44(38)56(45)48(40)42/h14-29,55H,1-13H3. The number of hydrogen-bond acceptors (Lipinski definition) is 2. The highest BCUT2D eigenvalue weighted by Gasteiger charge is 2.42. The molecule has 0 saturated carbocycles. The molecule has 282 valence electrons. The maximum Gasteiger partial charge on any atom is 0.252 e. The van der Waals surface area contributed by atoms with Crippen molar-refractivity contribution in [2.24, 2.45) is 0 Å². The van der Waals surface area contributed by atoms with Gasteiger partial charge in [0.1, 0.15) is 0 Å². The van der Waals surface area contributed by atoms with Crippen molar-refractivity contribution >= 4 is 56.3 Å². The fraction of sp³-hybridized carbons (Fsp3) is 0.327. The van der Waals surface area contributed by atoms with Gasteiger partial charge in [0.2, 0.25) is 0 Å². The Bertz CT molecular complexity index is 2760. The van der Waals surface area contributed by atoms with Crippen LogP contribution in [0.2, 0.25) is 0 Å². The number of aromatic nitrogens is 2. The molecule has 0 radical (unpaired) electrons. The molecule has 0 atom stereocenters. The Morgan fingerprint density at radius 3 is 1.77 bits per heavy atom. The van der Waals surface area contributed by atoms with Gasteiger partial charge in [0.15, 0.2) is 0 Å². The van der Waals surface area contributed by atoms with Gasteiger partial charge in [-0.15, -0.1) is 0 Å². The van der Waals surface area contributed by atoms with E-state index in [0.717, 1.165) is 5.56 Å². The smallest absolute Gasteiger partial charge is 0.252 e. The lowest BCUT2D eigenvalue weighted by molar-refractivity contribution is 0.589. The van der Waals surface area contributed by atoms with Gasteiger partial charge in [-0.25, -0.2) is 0 Å². The Hall–Kier alpha value is -5.09. The summed E-state index contributed by atoms with van der Waals surface area (Å²) in [6, 6.07) is 33.5. The molecule has 1 N–H and O–H groups in total. The van der Waals surface area contributed by atoms with Gasteiger partial charge in [-0.3, -0.25) is 4.98 Å². The van der Waals surface area contributed by atoms with E-state index in [0.29, 0.717) is 0 Å². The van der Waals surface area contributed by atoms with Crippen molar-refractivity contribution in [3.8, 4) is 27.9 Å². The van der Waals surface area contributed by atoms with Gasteiger partial charge in [0.25, 0.3) is 6.71 Å². The Labute approximate surface area is 334 Å². The number of nitrogens with zero attached hydrogens (tertiary/aromatic N) is 2. The van der Waals surface area contributed by atoms with E-state index in [2.05, 4.69) is 190 Å². The molecule has 0 fully saturated rings. The second-order valence-corrected chi connectivity index (χ2v) is 20.8. The van der Waals surface area contributed by atoms with Crippen molar-refractivity contribution < 1.29 is 0 Å². The highest BCUT2D eigenvalue weighted by molar-refractivity contribution is 7.00. The van der Waals surface area contributed by atoms with Crippen molar-refractivity contribution in [3.05, 3.63) is 125 Å². The molecule has 0 aliphatic carbocycles. The van der Waals surface area contributed by atoms with Gasteiger partial charge >= 0.3 is 0 Å². The van der Waals surface area contributed by atoms with E-state index >= 15 is 0 Å². The van der Waals surface area contributed by atoms with Crippen LogP contribution in [0.4, 0.5) is 11.4 Å². The third kappa shape index (κ3) is 5.66. The summed E-state index contributed by atoms with van der Waals surface area (Å²) in [5.74, 6) is 0. The number of nitrogens with one attached hydrogen (secondary N) is 1. The molecule has 0 spiro atoms. The first-order valence-electron chi connectivity index (χ1n) is 20.5. The van der Waals surface area contributed by atoms with Crippen molar-refractivity contribution in [3.63, 3.8) is 0 Å². The van der Waals surface area contributed by atoms with Crippen LogP contribution in [0.25, 0.3) is 49.7 Å². The van der Waals surface area contributed by atoms with Crippen LogP contribution in [0.1, 0.15) is 111 Å². The normalized spacial score (nSPS) is 13.9. The van der Waals surface area contributed by atoms with E-state index in [1.54, 1.807) is 0 Å². The molecule has 7 aromatic rings. The SMILES string of the molecule is Cc1ccc(C(C)(C)C)cc1-c1cc(C(C)(C)C)cc2c1Nc1cc(-c3ccncc3)cc3c1B2c1cc(C(C)(C)C)cc2c4cc(C(C)(C)C)ccc4n-3c12. The molecule has 0 bridgehead atoms. The Balaban J connectivity index is 1.47. The van der Waals surface area contributed by atoms with E-state index in [1.165, 1.54) is 99.8 Å².